The highest BCUT2D eigenvalue weighted by Gasteiger charge is 2.15. The Bertz CT molecular complexity index is 1150. The van der Waals surface area contributed by atoms with Crippen molar-refractivity contribution in [3.63, 3.8) is 0 Å². The van der Waals surface area contributed by atoms with Gasteiger partial charge in [-0.1, -0.05) is 57.8 Å². The molecule has 4 rings (SSSR count). The number of fused-ring (bicyclic) bond motifs is 6. The third kappa shape index (κ3) is 2.92. The molecule has 0 atom stereocenters. The molecule has 6 heteroatoms. The van der Waals surface area contributed by atoms with Gasteiger partial charge in [0.25, 0.3) is 0 Å². The second kappa shape index (κ2) is 7.37. The first kappa shape index (κ1) is 18.3. The van der Waals surface area contributed by atoms with Crippen molar-refractivity contribution < 1.29 is 0 Å². The molecule has 0 spiro atoms. The van der Waals surface area contributed by atoms with E-state index in [2.05, 4.69) is 41.8 Å². The first-order valence-corrected chi connectivity index (χ1v) is 9.53. The molecule has 4 nitrogen and oxygen atoms in total. The average Bonchev–Trinajstić information content (AvgIpc) is 2.68. The van der Waals surface area contributed by atoms with E-state index in [4.69, 9.17) is 0 Å². The van der Waals surface area contributed by atoms with Crippen LogP contribution in [0.3, 0.4) is 0 Å². The van der Waals surface area contributed by atoms with Gasteiger partial charge in [0.05, 0.1) is 11.0 Å². The molecule has 0 radical (unpaired) electrons. The van der Waals surface area contributed by atoms with E-state index in [0.717, 1.165) is 30.5 Å². The smallest absolute Gasteiger partial charge is 0.177 e. The molecule has 0 aliphatic rings. The van der Waals surface area contributed by atoms with E-state index < -0.39 is 0 Å². The molecule has 126 valence electrons. The second-order valence-corrected chi connectivity index (χ2v) is 7.05. The van der Waals surface area contributed by atoms with E-state index >= 15 is 0 Å². The van der Waals surface area contributed by atoms with Gasteiger partial charge in [-0.25, -0.2) is 9.97 Å². The van der Waals surface area contributed by atoms with Crippen molar-refractivity contribution >= 4 is 64.4 Å². The Morgan fingerprint density at radius 1 is 0.692 bits per heavy atom. The molecule has 0 saturated carbocycles. The third-order valence-corrected chi connectivity index (χ3v) is 4.86. The van der Waals surface area contributed by atoms with Crippen LogP contribution in [0.25, 0.3) is 32.6 Å². The fraction of sp³-hybridized carbons (Fsp3) is 0.100. The number of hydrogen-bond acceptors (Lipinski definition) is 4. The van der Waals surface area contributed by atoms with Crippen molar-refractivity contribution in [1.29, 1.82) is 10.5 Å². The van der Waals surface area contributed by atoms with Crippen LogP contribution in [0.2, 0.25) is 0 Å². The van der Waals surface area contributed by atoms with Gasteiger partial charge in [0.2, 0.25) is 0 Å². The topological polar surface area (TPSA) is 73.4 Å². The normalized spacial score (nSPS) is 10.2. The predicted molar refractivity (Wildman–Crippen MR) is 111 cm³/mol. The summed E-state index contributed by atoms with van der Waals surface area (Å²) in [6.07, 6.45) is 0. The summed E-state index contributed by atoms with van der Waals surface area (Å²) in [5.41, 5.74) is 1.35. The van der Waals surface area contributed by atoms with E-state index in [0.29, 0.717) is 11.0 Å². The fourth-order valence-electron chi connectivity index (χ4n) is 2.86. The lowest BCUT2D eigenvalue weighted by Gasteiger charge is -2.10. The highest BCUT2D eigenvalue weighted by molar-refractivity contribution is 9.10. The van der Waals surface area contributed by atoms with Gasteiger partial charge in [-0.3, -0.25) is 0 Å². The molecule has 0 aliphatic heterocycles. The van der Waals surface area contributed by atoms with Crippen LogP contribution in [0.4, 0.5) is 0 Å². The molecule has 1 aromatic heterocycles. The second-order valence-electron chi connectivity index (χ2n) is 5.22. The van der Waals surface area contributed by atoms with E-state index in [1.165, 1.54) is 0 Å². The zero-order chi connectivity index (χ0) is 18.8. The predicted octanol–water partition coefficient (Wildman–Crippen LogP) is 6.23. The van der Waals surface area contributed by atoms with Crippen molar-refractivity contribution in [2.45, 2.75) is 13.8 Å². The standard InChI is InChI=1S/C18H6Br2N4.C2H6/c19-9-1-3-11-13(5-9)14-6-10(20)2-4-12(14)18-17(11)23-15(7-21)16(8-22)24-18;1-2/h1-6H;1-2H3. The van der Waals surface area contributed by atoms with Gasteiger partial charge in [-0.05, 0) is 35.0 Å². The lowest BCUT2D eigenvalue weighted by atomic mass is 9.99. The van der Waals surface area contributed by atoms with Crippen LogP contribution in [0.1, 0.15) is 25.2 Å². The molecule has 3 aromatic carbocycles. The summed E-state index contributed by atoms with van der Waals surface area (Å²) in [7, 11) is 0. The van der Waals surface area contributed by atoms with Crippen LogP contribution < -0.4 is 0 Å². The first-order valence-electron chi connectivity index (χ1n) is 7.95. The van der Waals surface area contributed by atoms with Crippen molar-refractivity contribution in [2.75, 3.05) is 0 Å². The van der Waals surface area contributed by atoms with Gasteiger partial charge < -0.3 is 0 Å². The number of benzene rings is 3. The van der Waals surface area contributed by atoms with Crippen molar-refractivity contribution in [1.82, 2.24) is 9.97 Å². The minimum atomic E-state index is 0.0469. The van der Waals surface area contributed by atoms with Gasteiger partial charge in [0.15, 0.2) is 11.4 Å². The molecule has 0 aliphatic carbocycles. The molecule has 0 unspecified atom stereocenters. The lowest BCUT2D eigenvalue weighted by Crippen LogP contribution is -1.97. The monoisotopic (exact) mass is 466 g/mol. The zero-order valence-electron chi connectivity index (χ0n) is 14.0. The Labute approximate surface area is 167 Å². The summed E-state index contributed by atoms with van der Waals surface area (Å²) >= 11 is 7.02. The Kier molecular flexibility index (Phi) is 5.18. The van der Waals surface area contributed by atoms with Crippen LogP contribution in [0, 0.1) is 22.7 Å². The molecule has 0 fully saturated rings. The third-order valence-electron chi connectivity index (χ3n) is 3.87. The maximum atomic E-state index is 9.26. The molecule has 4 aromatic rings. The summed E-state index contributed by atoms with van der Waals surface area (Å²) in [5.74, 6) is 0. The highest BCUT2D eigenvalue weighted by atomic mass is 79.9. The summed E-state index contributed by atoms with van der Waals surface area (Å²) in [6.45, 7) is 4.00. The number of aromatic nitrogens is 2. The molecule has 0 N–H and O–H groups in total. The van der Waals surface area contributed by atoms with Crippen LogP contribution in [-0.4, -0.2) is 9.97 Å². The zero-order valence-corrected chi connectivity index (χ0v) is 17.2. The minimum absolute atomic E-state index is 0.0469. The fourth-order valence-corrected chi connectivity index (χ4v) is 3.58. The molecule has 0 amide bonds. The molecular formula is C20H12Br2N4. The largest absolute Gasteiger partial charge is 0.232 e. The van der Waals surface area contributed by atoms with Crippen LogP contribution >= 0.6 is 31.9 Å². The van der Waals surface area contributed by atoms with Crippen molar-refractivity contribution in [3.05, 3.63) is 56.7 Å². The molecule has 1 heterocycles. The Morgan fingerprint density at radius 2 is 1.08 bits per heavy atom. The van der Waals surface area contributed by atoms with Crippen molar-refractivity contribution in [3.8, 4) is 12.1 Å². The van der Waals surface area contributed by atoms with E-state index in [-0.39, 0.29) is 11.4 Å². The Hall–Kier alpha value is -2.54. The maximum Gasteiger partial charge on any atom is 0.177 e. The van der Waals surface area contributed by atoms with Crippen LogP contribution in [0.15, 0.2) is 45.3 Å². The molecule has 0 bridgehead atoms. The van der Waals surface area contributed by atoms with E-state index in [1.54, 1.807) is 0 Å². The quantitative estimate of drug-likeness (QED) is 0.287. The van der Waals surface area contributed by atoms with E-state index in [1.807, 2.05) is 62.4 Å². The Morgan fingerprint density at radius 3 is 1.42 bits per heavy atom. The van der Waals surface area contributed by atoms with Gasteiger partial charge in [-0.15, -0.1) is 0 Å². The van der Waals surface area contributed by atoms with Crippen LogP contribution in [0.5, 0.6) is 0 Å². The number of nitrogens with zero attached hydrogens (tertiary/aromatic N) is 4. The SMILES string of the molecule is CC.N#Cc1nc2c3ccc(Br)cc3c3cc(Br)ccc3c2nc1C#N. The number of hydrogen-bond donors (Lipinski definition) is 0. The summed E-state index contributed by atoms with van der Waals surface area (Å²) < 4.78 is 1.91. The van der Waals surface area contributed by atoms with Gasteiger partial charge in [0, 0.05) is 19.7 Å². The van der Waals surface area contributed by atoms with Crippen LogP contribution in [-0.2, 0) is 0 Å². The van der Waals surface area contributed by atoms with Gasteiger partial charge in [-0.2, -0.15) is 10.5 Å². The molecule has 26 heavy (non-hydrogen) atoms. The van der Waals surface area contributed by atoms with Crippen molar-refractivity contribution in [2.24, 2.45) is 0 Å². The Balaban J connectivity index is 0.000000948. The van der Waals surface area contributed by atoms with E-state index in [9.17, 15) is 10.5 Å². The minimum Gasteiger partial charge on any atom is -0.232 e. The lowest BCUT2D eigenvalue weighted by molar-refractivity contribution is 1.21. The van der Waals surface area contributed by atoms with Gasteiger partial charge in [0.1, 0.15) is 12.1 Å². The molecule has 0 saturated heterocycles. The number of rotatable bonds is 0. The highest BCUT2D eigenvalue weighted by Crippen LogP contribution is 2.36. The average molecular weight is 468 g/mol. The summed E-state index contributed by atoms with van der Waals surface area (Å²) in [6, 6.07) is 15.7. The number of halogens is 2. The summed E-state index contributed by atoms with van der Waals surface area (Å²) in [4.78, 5) is 8.84. The molecular weight excluding hydrogens is 456 g/mol. The first-order chi connectivity index (χ1) is 12.6. The maximum absolute atomic E-state index is 9.26. The number of nitriles is 2. The van der Waals surface area contributed by atoms with Gasteiger partial charge >= 0.3 is 0 Å². The summed E-state index contributed by atoms with van der Waals surface area (Å²) in [5, 5.41) is 22.3.